The summed E-state index contributed by atoms with van der Waals surface area (Å²) < 4.78 is 0. The monoisotopic (exact) mass is 290 g/mol. The fraction of sp³-hybridized carbons (Fsp3) is 0.667. The minimum Gasteiger partial charge on any atom is -0.395 e. The van der Waals surface area contributed by atoms with Crippen molar-refractivity contribution in [1.82, 2.24) is 10.2 Å². The van der Waals surface area contributed by atoms with E-state index in [2.05, 4.69) is 49.2 Å². The third-order valence-corrected chi connectivity index (χ3v) is 4.25. The Hall–Kier alpha value is -0.900. The van der Waals surface area contributed by atoms with Gasteiger partial charge in [-0.15, -0.1) is 0 Å². The summed E-state index contributed by atoms with van der Waals surface area (Å²) in [5, 5.41) is 12.8. The summed E-state index contributed by atoms with van der Waals surface area (Å²) in [4.78, 5) is 2.45. The van der Waals surface area contributed by atoms with Crippen LogP contribution in [0.25, 0.3) is 0 Å². The summed E-state index contributed by atoms with van der Waals surface area (Å²) >= 11 is 0. The molecule has 2 rings (SSSR count). The Morgan fingerprint density at radius 2 is 1.86 bits per heavy atom. The normalized spacial score (nSPS) is 16.4. The smallest absolute Gasteiger partial charge is 0.0558 e. The van der Waals surface area contributed by atoms with Crippen molar-refractivity contribution >= 4 is 0 Å². The number of aliphatic hydroxyl groups is 1. The Labute approximate surface area is 129 Å². The summed E-state index contributed by atoms with van der Waals surface area (Å²) in [6, 6.07) is 7.96. The van der Waals surface area contributed by atoms with Crippen LogP contribution in [0, 0.1) is 13.8 Å². The molecule has 118 valence electrons. The van der Waals surface area contributed by atoms with Crippen LogP contribution < -0.4 is 5.32 Å². The molecule has 2 N–H and O–H groups in total. The van der Waals surface area contributed by atoms with E-state index in [4.69, 9.17) is 0 Å². The minimum atomic E-state index is 0.270. The highest BCUT2D eigenvalue weighted by atomic mass is 16.3. The van der Waals surface area contributed by atoms with E-state index in [0.29, 0.717) is 6.04 Å². The highest BCUT2D eigenvalue weighted by Gasteiger charge is 2.28. The van der Waals surface area contributed by atoms with E-state index in [-0.39, 0.29) is 6.61 Å². The molecule has 3 heteroatoms. The Morgan fingerprint density at radius 3 is 2.38 bits per heavy atom. The van der Waals surface area contributed by atoms with Crippen LogP contribution in [-0.2, 0) is 0 Å². The molecule has 0 radical (unpaired) electrons. The van der Waals surface area contributed by atoms with Gasteiger partial charge in [0, 0.05) is 25.2 Å². The maximum Gasteiger partial charge on any atom is 0.0558 e. The summed E-state index contributed by atoms with van der Waals surface area (Å²) in [6.45, 7) is 9.64. The fourth-order valence-corrected chi connectivity index (χ4v) is 3.18. The molecule has 0 saturated heterocycles. The van der Waals surface area contributed by atoms with Gasteiger partial charge in [-0.3, -0.25) is 4.90 Å². The first-order valence-corrected chi connectivity index (χ1v) is 8.30. The van der Waals surface area contributed by atoms with Crippen molar-refractivity contribution in [3.05, 3.63) is 34.9 Å². The summed E-state index contributed by atoms with van der Waals surface area (Å²) in [7, 11) is 0. The zero-order valence-electron chi connectivity index (χ0n) is 13.7. The zero-order chi connectivity index (χ0) is 15.2. The number of nitrogens with one attached hydrogen (secondary N) is 1. The molecule has 0 aliphatic heterocycles. The van der Waals surface area contributed by atoms with Gasteiger partial charge in [-0.05, 0) is 45.2 Å². The summed E-state index contributed by atoms with van der Waals surface area (Å²) in [6.07, 6.45) is 3.71. The van der Waals surface area contributed by atoms with E-state index in [1.54, 1.807) is 0 Å². The second kappa shape index (κ2) is 7.92. The van der Waals surface area contributed by atoms with Crippen LogP contribution >= 0.6 is 0 Å². The first-order valence-electron chi connectivity index (χ1n) is 8.30. The molecule has 1 atom stereocenters. The Bertz CT molecular complexity index is 423. The summed E-state index contributed by atoms with van der Waals surface area (Å²) in [5.41, 5.74) is 4.07. The number of aliphatic hydroxyl groups excluding tert-OH is 1. The molecule has 1 unspecified atom stereocenters. The molecule has 21 heavy (non-hydrogen) atoms. The van der Waals surface area contributed by atoms with E-state index in [1.165, 1.54) is 29.5 Å². The van der Waals surface area contributed by atoms with Crippen LogP contribution in [0.5, 0.6) is 0 Å². The predicted octanol–water partition coefficient (Wildman–Crippen LogP) is 2.80. The Balaban J connectivity index is 2.00. The van der Waals surface area contributed by atoms with E-state index in [0.717, 1.165) is 32.1 Å². The first kappa shape index (κ1) is 16.5. The van der Waals surface area contributed by atoms with Crippen LogP contribution in [0.2, 0.25) is 0 Å². The van der Waals surface area contributed by atoms with E-state index in [9.17, 15) is 5.11 Å². The molecule has 0 heterocycles. The number of hydrogen-bond donors (Lipinski definition) is 2. The molecule has 0 amide bonds. The molecule has 3 nitrogen and oxygen atoms in total. The van der Waals surface area contributed by atoms with Crippen molar-refractivity contribution in [1.29, 1.82) is 0 Å². The van der Waals surface area contributed by atoms with Gasteiger partial charge in [-0.25, -0.2) is 0 Å². The lowest BCUT2D eigenvalue weighted by Gasteiger charge is -2.25. The van der Waals surface area contributed by atoms with E-state index >= 15 is 0 Å². The topological polar surface area (TPSA) is 35.5 Å². The van der Waals surface area contributed by atoms with Crippen molar-refractivity contribution in [3.63, 3.8) is 0 Å². The number of rotatable bonds is 9. The number of nitrogens with zero attached hydrogens (tertiary/aromatic N) is 1. The predicted molar refractivity (Wildman–Crippen MR) is 88.6 cm³/mol. The van der Waals surface area contributed by atoms with E-state index in [1.807, 2.05) is 0 Å². The van der Waals surface area contributed by atoms with Crippen molar-refractivity contribution in [2.75, 3.05) is 26.2 Å². The van der Waals surface area contributed by atoms with Gasteiger partial charge in [-0.1, -0.05) is 36.2 Å². The second-order valence-corrected chi connectivity index (χ2v) is 6.31. The van der Waals surface area contributed by atoms with Gasteiger partial charge in [0.1, 0.15) is 0 Å². The molecule has 1 aromatic carbocycles. The maximum absolute atomic E-state index is 9.21. The standard InChI is InChI=1S/C18H30N2O/c1-4-19-18(16-12-14(2)11-15(3)13-16)7-8-20(9-10-21)17-5-6-17/h11-13,17-19,21H,4-10H2,1-3H3. The van der Waals surface area contributed by atoms with Crippen LogP contribution in [0.3, 0.4) is 0 Å². The van der Waals surface area contributed by atoms with Crippen LogP contribution in [0.15, 0.2) is 18.2 Å². The first-order chi connectivity index (χ1) is 10.1. The lowest BCUT2D eigenvalue weighted by Crippen LogP contribution is -2.33. The van der Waals surface area contributed by atoms with Gasteiger partial charge in [-0.2, -0.15) is 0 Å². The van der Waals surface area contributed by atoms with Crippen LogP contribution in [0.4, 0.5) is 0 Å². The van der Waals surface area contributed by atoms with Gasteiger partial charge in [0.25, 0.3) is 0 Å². The molecular weight excluding hydrogens is 260 g/mol. The van der Waals surface area contributed by atoms with Gasteiger partial charge in [0.15, 0.2) is 0 Å². The van der Waals surface area contributed by atoms with Gasteiger partial charge in [0.05, 0.1) is 6.61 Å². The maximum atomic E-state index is 9.21. The quantitative estimate of drug-likeness (QED) is 0.734. The lowest BCUT2D eigenvalue weighted by molar-refractivity contribution is 0.182. The van der Waals surface area contributed by atoms with Crippen LogP contribution in [0.1, 0.15) is 48.9 Å². The van der Waals surface area contributed by atoms with Crippen molar-refractivity contribution in [3.8, 4) is 0 Å². The molecule has 1 aromatic rings. The highest BCUT2D eigenvalue weighted by Crippen LogP contribution is 2.28. The van der Waals surface area contributed by atoms with Gasteiger partial charge in [0.2, 0.25) is 0 Å². The number of hydrogen-bond acceptors (Lipinski definition) is 3. The average Bonchev–Trinajstić information content (AvgIpc) is 3.25. The molecule has 1 aliphatic carbocycles. The third kappa shape index (κ3) is 5.10. The molecule has 1 fully saturated rings. The van der Waals surface area contributed by atoms with Gasteiger partial charge >= 0.3 is 0 Å². The van der Waals surface area contributed by atoms with Crippen molar-refractivity contribution in [2.24, 2.45) is 0 Å². The van der Waals surface area contributed by atoms with Crippen molar-refractivity contribution in [2.45, 2.75) is 52.1 Å². The van der Waals surface area contributed by atoms with Crippen molar-refractivity contribution < 1.29 is 5.11 Å². The molecular formula is C18H30N2O. The number of aryl methyl sites for hydroxylation is 2. The number of benzene rings is 1. The second-order valence-electron chi connectivity index (χ2n) is 6.31. The summed E-state index contributed by atoms with van der Waals surface area (Å²) in [5.74, 6) is 0. The fourth-order valence-electron chi connectivity index (χ4n) is 3.18. The molecule has 0 bridgehead atoms. The van der Waals surface area contributed by atoms with E-state index < -0.39 is 0 Å². The average molecular weight is 290 g/mol. The highest BCUT2D eigenvalue weighted by molar-refractivity contribution is 5.30. The molecule has 0 spiro atoms. The molecule has 1 aliphatic rings. The van der Waals surface area contributed by atoms with Gasteiger partial charge < -0.3 is 10.4 Å². The largest absolute Gasteiger partial charge is 0.395 e. The Morgan fingerprint density at radius 1 is 1.19 bits per heavy atom. The Kier molecular flexibility index (Phi) is 6.22. The third-order valence-electron chi connectivity index (χ3n) is 4.25. The molecule has 1 saturated carbocycles. The SMILES string of the molecule is CCNC(CCN(CCO)C1CC1)c1cc(C)cc(C)c1. The lowest BCUT2D eigenvalue weighted by atomic mass is 9.99. The minimum absolute atomic E-state index is 0.270. The molecule has 0 aromatic heterocycles. The zero-order valence-corrected chi connectivity index (χ0v) is 13.7. The van der Waals surface area contributed by atoms with Crippen LogP contribution in [-0.4, -0.2) is 42.3 Å².